The van der Waals surface area contributed by atoms with Crippen molar-refractivity contribution in [2.24, 2.45) is 0 Å². The molecule has 0 spiro atoms. The summed E-state index contributed by atoms with van der Waals surface area (Å²) in [7, 11) is 0. The van der Waals surface area contributed by atoms with E-state index in [2.05, 4.69) is 15.9 Å². The number of benzene rings is 3. The van der Waals surface area contributed by atoms with Gasteiger partial charge in [-0.3, -0.25) is 4.79 Å². The number of hydrogen-bond acceptors (Lipinski definition) is 7. The molecule has 0 aliphatic carbocycles. The Morgan fingerprint density at radius 2 is 1.75 bits per heavy atom. The molecular formula is C27H20BrClO7. The lowest BCUT2D eigenvalue weighted by molar-refractivity contribution is -0.0176. The Bertz CT molecular complexity index is 1430. The Morgan fingerprint density at radius 1 is 1.00 bits per heavy atom. The predicted octanol–water partition coefficient (Wildman–Crippen LogP) is 6.34. The summed E-state index contributed by atoms with van der Waals surface area (Å²) in [6.45, 7) is 3.37. The van der Waals surface area contributed by atoms with Crippen LogP contribution in [0.15, 0.2) is 46.6 Å². The number of allylic oxidation sites excluding steroid dienone is 1. The molecule has 0 unspecified atom stereocenters. The third-order valence-electron chi connectivity index (χ3n) is 6.16. The Labute approximate surface area is 220 Å². The molecule has 9 heteroatoms. The first kappa shape index (κ1) is 23.4. The van der Waals surface area contributed by atoms with Crippen molar-refractivity contribution in [2.45, 2.75) is 26.7 Å². The van der Waals surface area contributed by atoms with Crippen molar-refractivity contribution < 1.29 is 33.2 Å². The van der Waals surface area contributed by atoms with E-state index in [1.54, 1.807) is 30.3 Å². The predicted molar refractivity (Wildman–Crippen MR) is 135 cm³/mol. The van der Waals surface area contributed by atoms with Crippen LogP contribution >= 0.6 is 27.5 Å². The van der Waals surface area contributed by atoms with E-state index in [0.29, 0.717) is 46.6 Å². The lowest BCUT2D eigenvalue weighted by atomic mass is 10.0. The van der Waals surface area contributed by atoms with Gasteiger partial charge in [-0.15, -0.1) is 0 Å². The van der Waals surface area contributed by atoms with E-state index >= 15 is 0 Å². The first-order valence-corrected chi connectivity index (χ1v) is 12.4. The third kappa shape index (κ3) is 4.24. The molecule has 36 heavy (non-hydrogen) atoms. The van der Waals surface area contributed by atoms with Crippen molar-refractivity contribution >= 4 is 39.4 Å². The SMILES string of the molecule is Cc1c(OCc2cc(Br)cc3c2OCOC3)ccc2c1O/C(=C\c1cc(Cl)cc3c1OCOC3)C2=O. The van der Waals surface area contributed by atoms with Crippen molar-refractivity contribution in [3.8, 4) is 23.0 Å². The molecule has 7 nitrogen and oxygen atoms in total. The normalized spacial score (nSPS) is 17.0. The molecule has 0 saturated heterocycles. The molecule has 6 rings (SSSR count). The van der Waals surface area contributed by atoms with Crippen LogP contribution in [0.1, 0.15) is 38.2 Å². The zero-order valence-electron chi connectivity index (χ0n) is 19.2. The van der Waals surface area contributed by atoms with E-state index in [0.717, 1.165) is 32.5 Å². The van der Waals surface area contributed by atoms with Gasteiger partial charge in [0.15, 0.2) is 19.3 Å². The number of ketones is 1. The lowest BCUT2D eigenvalue weighted by Crippen LogP contribution is -2.14. The summed E-state index contributed by atoms with van der Waals surface area (Å²) in [6, 6.07) is 11.0. The van der Waals surface area contributed by atoms with Gasteiger partial charge >= 0.3 is 0 Å². The Morgan fingerprint density at radius 3 is 2.56 bits per heavy atom. The highest BCUT2D eigenvalue weighted by molar-refractivity contribution is 9.10. The topological polar surface area (TPSA) is 72.5 Å². The maximum Gasteiger partial charge on any atom is 0.231 e. The highest BCUT2D eigenvalue weighted by atomic mass is 79.9. The van der Waals surface area contributed by atoms with Gasteiger partial charge in [0.1, 0.15) is 29.6 Å². The molecule has 184 valence electrons. The van der Waals surface area contributed by atoms with Gasteiger partial charge in [-0.25, -0.2) is 0 Å². The van der Waals surface area contributed by atoms with Crippen LogP contribution in [0, 0.1) is 6.92 Å². The second-order valence-corrected chi connectivity index (χ2v) is 9.90. The number of hydrogen-bond donors (Lipinski definition) is 0. The van der Waals surface area contributed by atoms with Crippen LogP contribution in [-0.4, -0.2) is 19.4 Å². The number of carbonyl (C=O) groups excluding carboxylic acids is 1. The molecule has 3 aliphatic rings. The smallest absolute Gasteiger partial charge is 0.231 e. The van der Waals surface area contributed by atoms with Crippen molar-refractivity contribution in [3.63, 3.8) is 0 Å². The van der Waals surface area contributed by atoms with E-state index in [9.17, 15) is 4.79 Å². The number of halogens is 2. The molecule has 0 saturated carbocycles. The van der Waals surface area contributed by atoms with E-state index in [1.165, 1.54) is 0 Å². The van der Waals surface area contributed by atoms with Crippen LogP contribution in [0.5, 0.6) is 23.0 Å². The second kappa shape index (κ2) is 9.44. The van der Waals surface area contributed by atoms with Gasteiger partial charge in [0.25, 0.3) is 0 Å². The fraction of sp³-hybridized carbons (Fsp3) is 0.222. The molecule has 0 bridgehead atoms. The van der Waals surface area contributed by atoms with Crippen LogP contribution in [-0.2, 0) is 29.3 Å². The van der Waals surface area contributed by atoms with Crippen molar-refractivity contribution in [2.75, 3.05) is 13.6 Å². The van der Waals surface area contributed by atoms with Gasteiger partial charge in [0.05, 0.1) is 18.8 Å². The highest BCUT2D eigenvalue weighted by Crippen LogP contribution is 2.41. The number of fused-ring (bicyclic) bond motifs is 3. The standard InChI is InChI=1S/C27H20BrClO7/c1-14-22(33-11-17-5-19(28)4-16-9-31-13-35-27(16)17)3-2-21-24(30)23(36-25(14)21)8-15-6-20(29)7-18-10-32-12-34-26(15)18/h2-8H,9-13H2,1H3/b23-8-. The van der Waals surface area contributed by atoms with Crippen LogP contribution < -0.4 is 18.9 Å². The number of carbonyl (C=O) groups is 1. The summed E-state index contributed by atoms with van der Waals surface area (Å²) < 4.78 is 35.2. The van der Waals surface area contributed by atoms with E-state index in [1.807, 2.05) is 19.1 Å². The minimum Gasteiger partial charge on any atom is -0.488 e. The van der Waals surface area contributed by atoms with Crippen molar-refractivity contribution in [3.05, 3.63) is 85.0 Å². The van der Waals surface area contributed by atoms with Gasteiger partial charge in [0, 0.05) is 37.3 Å². The third-order valence-corrected chi connectivity index (χ3v) is 6.84. The minimum absolute atomic E-state index is 0.138. The summed E-state index contributed by atoms with van der Waals surface area (Å²) >= 11 is 9.81. The highest BCUT2D eigenvalue weighted by Gasteiger charge is 2.31. The van der Waals surface area contributed by atoms with E-state index < -0.39 is 0 Å². The average Bonchev–Trinajstić information content (AvgIpc) is 3.19. The molecule has 3 aliphatic heterocycles. The van der Waals surface area contributed by atoms with Crippen LogP contribution in [0.2, 0.25) is 5.02 Å². The van der Waals surface area contributed by atoms with Crippen molar-refractivity contribution in [1.82, 2.24) is 0 Å². The molecule has 0 amide bonds. The first-order chi connectivity index (χ1) is 17.5. The van der Waals surface area contributed by atoms with Gasteiger partial charge in [-0.05, 0) is 49.4 Å². The van der Waals surface area contributed by atoms with Gasteiger partial charge in [-0.1, -0.05) is 27.5 Å². The van der Waals surface area contributed by atoms with Crippen LogP contribution in [0.25, 0.3) is 6.08 Å². The summed E-state index contributed by atoms with van der Waals surface area (Å²) in [5, 5.41) is 0.523. The summed E-state index contributed by atoms with van der Waals surface area (Å²) in [5.74, 6) is 2.48. The summed E-state index contributed by atoms with van der Waals surface area (Å²) in [5.41, 5.74) is 4.55. The average molecular weight is 572 g/mol. The van der Waals surface area contributed by atoms with E-state index in [-0.39, 0.29) is 31.7 Å². The number of Topliss-reactive ketones (excluding diaryl/α,β-unsaturated/α-hetero) is 1. The summed E-state index contributed by atoms with van der Waals surface area (Å²) in [6.07, 6.45) is 1.66. The van der Waals surface area contributed by atoms with Gasteiger partial charge in [0.2, 0.25) is 5.78 Å². The number of rotatable bonds is 4. The second-order valence-electron chi connectivity index (χ2n) is 8.55. The number of ether oxygens (including phenoxy) is 6. The molecule has 0 radical (unpaired) electrons. The lowest BCUT2D eigenvalue weighted by Gasteiger charge is -2.21. The van der Waals surface area contributed by atoms with Crippen molar-refractivity contribution in [1.29, 1.82) is 0 Å². The molecular weight excluding hydrogens is 552 g/mol. The van der Waals surface area contributed by atoms with Crippen LogP contribution in [0.4, 0.5) is 0 Å². The molecule has 0 N–H and O–H groups in total. The molecule has 3 heterocycles. The molecule has 3 aromatic rings. The van der Waals surface area contributed by atoms with E-state index in [4.69, 9.17) is 40.0 Å². The zero-order valence-corrected chi connectivity index (χ0v) is 21.5. The quantitative estimate of drug-likeness (QED) is 0.339. The fourth-order valence-electron chi connectivity index (χ4n) is 4.50. The zero-order chi connectivity index (χ0) is 24.8. The Kier molecular flexibility index (Phi) is 6.13. The minimum atomic E-state index is -0.213. The Balaban J connectivity index is 1.27. The largest absolute Gasteiger partial charge is 0.488 e. The molecule has 3 aromatic carbocycles. The molecule has 0 fully saturated rings. The van der Waals surface area contributed by atoms with Crippen LogP contribution in [0.3, 0.4) is 0 Å². The maximum atomic E-state index is 13.1. The summed E-state index contributed by atoms with van der Waals surface area (Å²) in [4.78, 5) is 13.1. The fourth-order valence-corrected chi connectivity index (χ4v) is 5.30. The first-order valence-electron chi connectivity index (χ1n) is 11.2. The Hall–Kier alpha value is -3.04. The monoisotopic (exact) mass is 570 g/mol. The maximum absolute atomic E-state index is 13.1. The van der Waals surface area contributed by atoms with Gasteiger partial charge < -0.3 is 28.4 Å². The molecule has 0 atom stereocenters. The van der Waals surface area contributed by atoms with Gasteiger partial charge in [-0.2, -0.15) is 0 Å². The molecule has 0 aromatic heterocycles.